The third-order valence-corrected chi connectivity index (χ3v) is 4.45. The number of amides is 2. The molecule has 138 valence electrons. The predicted octanol–water partition coefficient (Wildman–Crippen LogP) is 2.28. The molecule has 1 fully saturated rings. The summed E-state index contributed by atoms with van der Waals surface area (Å²) in [4.78, 5) is 24.0. The summed E-state index contributed by atoms with van der Waals surface area (Å²) in [5.41, 5.74) is 0. The Morgan fingerprint density at radius 3 is 2.56 bits per heavy atom. The Hall–Kier alpha value is -2.24. The summed E-state index contributed by atoms with van der Waals surface area (Å²) in [7, 11) is 1.58. The molecule has 0 radical (unpaired) electrons. The van der Waals surface area contributed by atoms with Crippen LogP contribution in [0.15, 0.2) is 24.3 Å². The van der Waals surface area contributed by atoms with Crippen molar-refractivity contribution in [3.05, 3.63) is 24.3 Å². The number of hydrogen-bond acceptors (Lipinski definition) is 4. The van der Waals surface area contributed by atoms with Crippen molar-refractivity contribution >= 4 is 11.8 Å². The van der Waals surface area contributed by atoms with Gasteiger partial charge in [0.2, 0.25) is 11.8 Å². The van der Waals surface area contributed by atoms with Crippen LogP contribution in [0.5, 0.6) is 11.5 Å². The van der Waals surface area contributed by atoms with Gasteiger partial charge in [-0.15, -0.1) is 0 Å². The molecule has 25 heavy (non-hydrogen) atoms. The number of benzene rings is 1. The molecule has 1 aliphatic rings. The number of methoxy groups -OCH3 is 1. The van der Waals surface area contributed by atoms with Crippen molar-refractivity contribution in [1.29, 1.82) is 0 Å². The van der Waals surface area contributed by atoms with E-state index in [1.54, 1.807) is 14.0 Å². The first kappa shape index (κ1) is 19.1. The van der Waals surface area contributed by atoms with Gasteiger partial charge in [0.1, 0.15) is 12.6 Å². The zero-order valence-corrected chi connectivity index (χ0v) is 15.0. The molecule has 1 saturated carbocycles. The highest BCUT2D eigenvalue weighted by Crippen LogP contribution is 2.27. The van der Waals surface area contributed by atoms with Gasteiger partial charge >= 0.3 is 0 Å². The Kier molecular flexibility index (Phi) is 7.57. The number of nitrogens with one attached hydrogen (secondary N) is 2. The molecule has 2 amide bonds. The number of carbonyl (C=O) groups is 2. The van der Waals surface area contributed by atoms with Gasteiger partial charge in [-0.2, -0.15) is 0 Å². The lowest BCUT2D eigenvalue weighted by molar-refractivity contribution is -0.129. The van der Waals surface area contributed by atoms with Gasteiger partial charge in [-0.3, -0.25) is 9.59 Å². The van der Waals surface area contributed by atoms with Crippen molar-refractivity contribution in [1.82, 2.24) is 10.6 Å². The minimum Gasteiger partial charge on any atom is -0.493 e. The van der Waals surface area contributed by atoms with Gasteiger partial charge in [0, 0.05) is 6.42 Å². The fraction of sp³-hybridized carbons (Fsp3) is 0.579. The topological polar surface area (TPSA) is 76.7 Å². The summed E-state index contributed by atoms with van der Waals surface area (Å²) in [6, 6.07) is 6.81. The Bertz CT molecular complexity index is 570. The van der Waals surface area contributed by atoms with E-state index in [-0.39, 0.29) is 11.8 Å². The predicted molar refractivity (Wildman–Crippen MR) is 95.7 cm³/mol. The van der Waals surface area contributed by atoms with Crippen LogP contribution in [0.1, 0.15) is 39.0 Å². The molecule has 1 atom stereocenters. The number of rotatable bonds is 9. The first-order valence-corrected chi connectivity index (χ1v) is 8.93. The molecular formula is C19H28N2O4. The Balaban J connectivity index is 1.64. The molecule has 2 rings (SSSR count). The Morgan fingerprint density at radius 1 is 1.20 bits per heavy atom. The summed E-state index contributed by atoms with van der Waals surface area (Å²) >= 11 is 0. The fourth-order valence-corrected chi connectivity index (χ4v) is 3.07. The van der Waals surface area contributed by atoms with E-state index in [1.165, 1.54) is 12.8 Å². The van der Waals surface area contributed by atoms with E-state index < -0.39 is 6.04 Å². The van der Waals surface area contributed by atoms with E-state index in [1.807, 2.05) is 24.3 Å². The van der Waals surface area contributed by atoms with Crippen LogP contribution in [0.25, 0.3) is 0 Å². The van der Waals surface area contributed by atoms with Crippen molar-refractivity contribution in [2.45, 2.75) is 45.1 Å². The number of carbonyl (C=O) groups excluding carboxylic acids is 2. The molecule has 0 heterocycles. The van der Waals surface area contributed by atoms with Crippen molar-refractivity contribution in [2.24, 2.45) is 5.92 Å². The quantitative estimate of drug-likeness (QED) is 0.671. The zero-order chi connectivity index (χ0) is 18.1. The molecule has 0 bridgehead atoms. The summed E-state index contributed by atoms with van der Waals surface area (Å²) in [5.74, 6) is 1.52. The molecule has 0 saturated heterocycles. The molecule has 1 aromatic carbocycles. The van der Waals surface area contributed by atoms with Crippen LogP contribution >= 0.6 is 0 Å². The normalized spacial score (nSPS) is 15.4. The monoisotopic (exact) mass is 348 g/mol. The Morgan fingerprint density at radius 2 is 1.88 bits per heavy atom. The van der Waals surface area contributed by atoms with E-state index in [9.17, 15) is 9.59 Å². The lowest BCUT2D eigenvalue weighted by Gasteiger charge is -2.16. The van der Waals surface area contributed by atoms with Gasteiger partial charge < -0.3 is 20.1 Å². The average molecular weight is 348 g/mol. The minimum absolute atomic E-state index is 0.0418. The van der Waals surface area contributed by atoms with Crippen molar-refractivity contribution < 1.29 is 19.1 Å². The second-order valence-electron chi connectivity index (χ2n) is 6.43. The third-order valence-electron chi connectivity index (χ3n) is 4.45. The van der Waals surface area contributed by atoms with Crippen LogP contribution in [0, 0.1) is 5.92 Å². The smallest absolute Gasteiger partial charge is 0.242 e. The van der Waals surface area contributed by atoms with Crippen molar-refractivity contribution in [3.63, 3.8) is 0 Å². The zero-order valence-electron chi connectivity index (χ0n) is 15.0. The first-order chi connectivity index (χ1) is 12.1. The van der Waals surface area contributed by atoms with Crippen LogP contribution < -0.4 is 20.1 Å². The largest absolute Gasteiger partial charge is 0.493 e. The number of hydrogen-bond donors (Lipinski definition) is 2. The maximum Gasteiger partial charge on any atom is 0.242 e. The second-order valence-corrected chi connectivity index (χ2v) is 6.43. The number of ether oxygens (including phenoxy) is 2. The van der Waals surface area contributed by atoms with Gasteiger partial charge in [0.05, 0.1) is 13.7 Å². The minimum atomic E-state index is -0.542. The molecule has 0 aliphatic heterocycles. The summed E-state index contributed by atoms with van der Waals surface area (Å²) < 4.78 is 10.8. The molecule has 6 nitrogen and oxygen atoms in total. The van der Waals surface area contributed by atoms with Crippen LogP contribution in [0.3, 0.4) is 0 Å². The van der Waals surface area contributed by atoms with Gasteiger partial charge in [-0.05, 0) is 37.8 Å². The molecule has 1 aromatic rings. The molecular weight excluding hydrogens is 320 g/mol. The molecule has 6 heteroatoms. The SMILES string of the molecule is COc1ccccc1OCCNC(=O)[C@@H](C)NC(=O)CC1CCCC1. The van der Waals surface area contributed by atoms with Crippen LogP contribution in [0.4, 0.5) is 0 Å². The molecule has 2 N–H and O–H groups in total. The van der Waals surface area contributed by atoms with Gasteiger partial charge in [0.25, 0.3) is 0 Å². The molecule has 0 spiro atoms. The van der Waals surface area contributed by atoms with Crippen LogP contribution in [-0.2, 0) is 9.59 Å². The van der Waals surface area contributed by atoms with E-state index in [4.69, 9.17) is 9.47 Å². The molecule has 1 aliphatic carbocycles. The maximum absolute atomic E-state index is 12.0. The lowest BCUT2D eigenvalue weighted by atomic mass is 10.0. The van der Waals surface area contributed by atoms with Crippen molar-refractivity contribution in [3.8, 4) is 11.5 Å². The summed E-state index contributed by atoms with van der Waals surface area (Å²) in [6.45, 7) is 2.39. The fourth-order valence-electron chi connectivity index (χ4n) is 3.07. The summed E-state index contributed by atoms with van der Waals surface area (Å²) in [6.07, 6.45) is 5.18. The van der Waals surface area contributed by atoms with Crippen LogP contribution in [0.2, 0.25) is 0 Å². The van der Waals surface area contributed by atoms with E-state index in [0.29, 0.717) is 37.0 Å². The maximum atomic E-state index is 12.0. The van der Waals surface area contributed by atoms with Crippen molar-refractivity contribution in [2.75, 3.05) is 20.3 Å². The summed E-state index contributed by atoms with van der Waals surface area (Å²) in [5, 5.41) is 5.54. The van der Waals surface area contributed by atoms with E-state index in [2.05, 4.69) is 10.6 Å². The highest BCUT2D eigenvalue weighted by Gasteiger charge is 2.21. The van der Waals surface area contributed by atoms with Crippen LogP contribution in [-0.4, -0.2) is 38.1 Å². The Labute approximate surface area is 149 Å². The van der Waals surface area contributed by atoms with Gasteiger partial charge in [-0.25, -0.2) is 0 Å². The average Bonchev–Trinajstić information content (AvgIpc) is 3.11. The van der Waals surface area contributed by atoms with E-state index >= 15 is 0 Å². The highest BCUT2D eigenvalue weighted by atomic mass is 16.5. The highest BCUT2D eigenvalue weighted by molar-refractivity contribution is 5.87. The molecule has 0 unspecified atom stereocenters. The van der Waals surface area contributed by atoms with E-state index in [0.717, 1.165) is 12.8 Å². The lowest BCUT2D eigenvalue weighted by Crippen LogP contribution is -2.46. The standard InChI is InChI=1S/C19H28N2O4/c1-14(21-18(22)13-15-7-3-4-8-15)19(23)20-11-12-25-17-10-6-5-9-16(17)24-2/h5-6,9-10,14-15H,3-4,7-8,11-13H2,1-2H3,(H,20,23)(H,21,22)/t14-/m1/s1. The first-order valence-electron chi connectivity index (χ1n) is 8.93. The number of para-hydroxylation sites is 2. The van der Waals surface area contributed by atoms with Gasteiger partial charge in [0.15, 0.2) is 11.5 Å². The molecule has 0 aromatic heterocycles. The van der Waals surface area contributed by atoms with Gasteiger partial charge in [-0.1, -0.05) is 25.0 Å². The third kappa shape index (κ3) is 6.29. The second kappa shape index (κ2) is 9.91.